The minimum atomic E-state index is -1.41. The molecule has 3 heterocycles. The number of benzene rings is 4. The molecule has 0 radical (unpaired) electrons. The molecule has 11 nitrogen and oxygen atoms in total. The molecule has 6 aromatic rings. The van der Waals surface area contributed by atoms with Crippen molar-refractivity contribution < 1.29 is 33.3 Å². The van der Waals surface area contributed by atoms with Crippen LogP contribution in [0.3, 0.4) is 0 Å². The van der Waals surface area contributed by atoms with Crippen LogP contribution in [0.25, 0.3) is 22.1 Å². The first kappa shape index (κ1) is 32.1. The highest BCUT2D eigenvalue weighted by Crippen LogP contribution is 2.37. The van der Waals surface area contributed by atoms with E-state index < -0.39 is 54.7 Å². The predicted molar refractivity (Wildman–Crippen MR) is 180 cm³/mol. The number of hydrogen-bond acceptors (Lipinski definition) is 9. The number of carbonyl (C=O) groups excluding carboxylic acids is 3. The Balaban J connectivity index is 1.32. The van der Waals surface area contributed by atoms with E-state index in [4.69, 9.17) is 42.1 Å². The quantitative estimate of drug-likeness (QED) is 0.142. The molecular formula is C36H25Cl2N3O8. The Morgan fingerprint density at radius 3 is 1.86 bits per heavy atom. The Labute approximate surface area is 287 Å². The number of imidazole rings is 1. The first-order chi connectivity index (χ1) is 23.8. The Kier molecular flexibility index (Phi) is 8.87. The van der Waals surface area contributed by atoms with Crippen LogP contribution < -0.4 is 5.69 Å². The molecule has 49 heavy (non-hydrogen) atoms. The van der Waals surface area contributed by atoms with Gasteiger partial charge in [-0.3, -0.25) is 0 Å². The van der Waals surface area contributed by atoms with E-state index in [0.29, 0.717) is 21.4 Å². The number of rotatable bonds is 8. The Morgan fingerprint density at radius 2 is 1.27 bits per heavy atom. The molecule has 7 rings (SSSR count). The van der Waals surface area contributed by atoms with Crippen molar-refractivity contribution in [1.29, 1.82) is 0 Å². The fraction of sp³-hybridized carbons (Fsp3) is 0.139. The average molecular weight is 699 g/mol. The van der Waals surface area contributed by atoms with Crippen LogP contribution in [0.15, 0.2) is 114 Å². The van der Waals surface area contributed by atoms with E-state index in [0.717, 1.165) is 0 Å². The van der Waals surface area contributed by atoms with Gasteiger partial charge in [-0.05, 0) is 54.6 Å². The molecule has 0 aliphatic carbocycles. The molecule has 1 fully saturated rings. The van der Waals surface area contributed by atoms with E-state index >= 15 is 0 Å². The monoisotopic (exact) mass is 697 g/mol. The van der Waals surface area contributed by atoms with Crippen molar-refractivity contribution in [2.24, 2.45) is 0 Å². The molecule has 0 unspecified atom stereocenters. The van der Waals surface area contributed by atoms with Crippen LogP contribution in [0.5, 0.6) is 0 Å². The van der Waals surface area contributed by atoms with Gasteiger partial charge in [-0.25, -0.2) is 28.7 Å². The zero-order chi connectivity index (χ0) is 34.1. The third-order valence-electron chi connectivity index (χ3n) is 7.96. The maximum Gasteiger partial charge on any atom is 0.338 e. The average Bonchev–Trinajstić information content (AvgIpc) is 3.61. The molecule has 0 amide bonds. The molecule has 1 saturated heterocycles. The van der Waals surface area contributed by atoms with Crippen LogP contribution in [0, 0.1) is 0 Å². The minimum Gasteiger partial charge on any atom is -0.459 e. The van der Waals surface area contributed by atoms with Gasteiger partial charge in [-0.2, -0.15) is 0 Å². The van der Waals surface area contributed by atoms with Gasteiger partial charge in [0.15, 0.2) is 24.1 Å². The van der Waals surface area contributed by atoms with Crippen LogP contribution in [-0.4, -0.2) is 57.4 Å². The highest BCUT2D eigenvalue weighted by atomic mass is 35.5. The highest BCUT2D eigenvalue weighted by Gasteiger charge is 2.52. The molecule has 4 atom stereocenters. The molecular weight excluding hydrogens is 673 g/mol. The summed E-state index contributed by atoms with van der Waals surface area (Å²) in [7, 11) is 0. The van der Waals surface area contributed by atoms with E-state index in [-0.39, 0.29) is 27.4 Å². The molecule has 2 aromatic heterocycles. The SMILES string of the molecule is O=C(OC[C@H]1O[C@@H](n2c(=O)[nH]c3cc4cc(Cl)c(Cl)cc4nc32)[C@H](OC(=O)c2ccccc2)[C@@H]1OC(=O)c1ccccc1)c1ccccc1. The minimum absolute atomic E-state index is 0.136. The Bertz CT molecular complexity index is 2240. The van der Waals surface area contributed by atoms with Gasteiger partial charge in [0.1, 0.15) is 12.7 Å². The van der Waals surface area contributed by atoms with Gasteiger partial charge in [0.05, 0.1) is 37.8 Å². The van der Waals surface area contributed by atoms with E-state index in [9.17, 15) is 19.2 Å². The lowest BCUT2D eigenvalue weighted by atomic mass is 10.1. The molecule has 1 aliphatic heterocycles. The lowest BCUT2D eigenvalue weighted by Gasteiger charge is -2.24. The summed E-state index contributed by atoms with van der Waals surface area (Å²) in [4.78, 5) is 61.0. The maximum absolute atomic E-state index is 13.6. The third kappa shape index (κ3) is 6.51. The summed E-state index contributed by atoms with van der Waals surface area (Å²) >= 11 is 12.5. The summed E-state index contributed by atoms with van der Waals surface area (Å²) < 4.78 is 25.1. The van der Waals surface area contributed by atoms with Crippen molar-refractivity contribution in [3.63, 3.8) is 0 Å². The van der Waals surface area contributed by atoms with Gasteiger partial charge in [0.2, 0.25) is 0 Å². The normalized spacial score (nSPS) is 18.7. The lowest BCUT2D eigenvalue weighted by Crippen LogP contribution is -2.42. The number of halogens is 2. The summed E-state index contributed by atoms with van der Waals surface area (Å²) in [5.74, 6) is -2.18. The predicted octanol–water partition coefficient (Wildman–Crippen LogP) is 6.39. The molecule has 0 saturated carbocycles. The first-order valence-corrected chi connectivity index (χ1v) is 15.8. The lowest BCUT2D eigenvalue weighted by molar-refractivity contribution is -0.0618. The summed E-state index contributed by atoms with van der Waals surface area (Å²) in [6.45, 7) is -0.419. The van der Waals surface area contributed by atoms with Crippen LogP contribution in [0.1, 0.15) is 37.3 Å². The highest BCUT2D eigenvalue weighted by molar-refractivity contribution is 6.42. The van der Waals surface area contributed by atoms with Crippen molar-refractivity contribution in [1.82, 2.24) is 14.5 Å². The van der Waals surface area contributed by atoms with E-state index in [1.807, 2.05) is 0 Å². The van der Waals surface area contributed by atoms with Gasteiger partial charge < -0.3 is 23.9 Å². The van der Waals surface area contributed by atoms with Gasteiger partial charge in [0, 0.05) is 5.39 Å². The molecule has 13 heteroatoms. The summed E-state index contributed by atoms with van der Waals surface area (Å²) in [5.41, 5.74) is 0.926. The number of nitrogens with zero attached hydrogens (tertiary/aromatic N) is 2. The molecule has 0 spiro atoms. The fourth-order valence-electron chi connectivity index (χ4n) is 5.61. The first-order valence-electron chi connectivity index (χ1n) is 15.1. The topological polar surface area (TPSA) is 139 Å². The van der Waals surface area contributed by atoms with Crippen LogP contribution in [0.4, 0.5) is 0 Å². The molecule has 1 N–H and O–H groups in total. The van der Waals surface area contributed by atoms with E-state index in [1.165, 1.54) is 4.57 Å². The van der Waals surface area contributed by atoms with Gasteiger partial charge in [-0.1, -0.05) is 77.8 Å². The number of carbonyl (C=O) groups is 3. The zero-order valence-electron chi connectivity index (χ0n) is 25.3. The number of fused-ring (bicyclic) bond motifs is 2. The number of nitrogens with one attached hydrogen (secondary N) is 1. The molecule has 1 aliphatic rings. The van der Waals surface area contributed by atoms with Gasteiger partial charge in [0.25, 0.3) is 0 Å². The largest absolute Gasteiger partial charge is 0.459 e. The molecule has 246 valence electrons. The van der Waals surface area contributed by atoms with E-state index in [2.05, 4.69) is 9.97 Å². The fourth-order valence-corrected chi connectivity index (χ4v) is 5.94. The molecule has 0 bridgehead atoms. The third-order valence-corrected chi connectivity index (χ3v) is 8.68. The van der Waals surface area contributed by atoms with Crippen molar-refractivity contribution in [2.75, 3.05) is 6.61 Å². The van der Waals surface area contributed by atoms with Gasteiger partial charge in [-0.15, -0.1) is 0 Å². The van der Waals surface area contributed by atoms with Crippen LogP contribution in [-0.2, 0) is 18.9 Å². The number of aromatic nitrogens is 3. The second-order valence-corrected chi connectivity index (χ2v) is 11.9. The number of H-pyrrole nitrogens is 1. The Hall–Kier alpha value is -5.49. The number of pyridine rings is 1. The van der Waals surface area contributed by atoms with Crippen LogP contribution in [0.2, 0.25) is 10.0 Å². The Morgan fingerprint density at radius 1 is 0.735 bits per heavy atom. The smallest absolute Gasteiger partial charge is 0.338 e. The number of hydrogen-bond donors (Lipinski definition) is 1. The zero-order valence-corrected chi connectivity index (χ0v) is 26.8. The van der Waals surface area contributed by atoms with Crippen molar-refractivity contribution >= 4 is 63.2 Å². The van der Waals surface area contributed by atoms with Crippen molar-refractivity contribution in [3.05, 3.63) is 146 Å². The number of esters is 3. The van der Waals surface area contributed by atoms with Crippen molar-refractivity contribution in [3.8, 4) is 0 Å². The van der Waals surface area contributed by atoms with Gasteiger partial charge >= 0.3 is 23.6 Å². The second-order valence-electron chi connectivity index (χ2n) is 11.1. The van der Waals surface area contributed by atoms with E-state index in [1.54, 1.807) is 109 Å². The molecule has 4 aromatic carbocycles. The maximum atomic E-state index is 13.6. The summed E-state index contributed by atoms with van der Waals surface area (Å²) in [6.07, 6.45) is -5.34. The second kappa shape index (κ2) is 13.6. The number of ether oxygens (including phenoxy) is 4. The summed E-state index contributed by atoms with van der Waals surface area (Å²) in [6, 6.07) is 29.5. The number of aromatic amines is 1. The standard InChI is InChI=1S/C36H25Cl2N3O8/c37-24-16-23-17-27-31(39-26(23)18-25(24)38)41(36(45)40-27)32-30(49-35(44)22-14-8-3-9-15-22)29(48-34(43)21-12-6-2-7-13-21)28(47-32)19-46-33(42)20-10-4-1-5-11-20/h1-18,28-30,32H,19H2,(H,40,45)/t28-,29-,30-,32-/m1/s1. The summed E-state index contributed by atoms with van der Waals surface area (Å²) in [5, 5.41) is 1.17. The van der Waals surface area contributed by atoms with Crippen LogP contribution >= 0.6 is 23.2 Å². The van der Waals surface area contributed by atoms with Crippen molar-refractivity contribution in [2.45, 2.75) is 24.5 Å².